The van der Waals surface area contributed by atoms with E-state index in [0.717, 1.165) is 23.8 Å². The molecule has 0 unspecified atom stereocenters. The zero-order chi connectivity index (χ0) is 15.5. The van der Waals surface area contributed by atoms with Crippen LogP contribution in [0.2, 0.25) is 0 Å². The number of nitrogens with one attached hydrogen (secondary N) is 1. The van der Waals surface area contributed by atoms with Gasteiger partial charge in [-0.2, -0.15) is 4.31 Å². The highest BCUT2D eigenvalue weighted by molar-refractivity contribution is 7.91. The molecule has 0 amide bonds. The molecular weight excluding hydrogens is 318 g/mol. The second-order valence-corrected chi connectivity index (χ2v) is 7.70. The molecule has 118 valence electrons. The second-order valence-electron chi connectivity index (χ2n) is 4.48. The SMILES string of the molecule is CCCNc1sc(S(=O)(=O)N2CCOCC2)cc1[N+](=O)[O-]. The van der Waals surface area contributed by atoms with Crippen LogP contribution in [-0.4, -0.2) is 50.5 Å². The van der Waals surface area contributed by atoms with Gasteiger partial charge in [0.2, 0.25) is 0 Å². The standard InChI is InChI=1S/C11H17N3O5S2/c1-2-3-12-11-9(14(15)16)8-10(20-11)21(17,18)13-4-6-19-7-5-13/h8,12H,2-7H2,1H3. The van der Waals surface area contributed by atoms with Crippen LogP contribution in [0.25, 0.3) is 0 Å². The summed E-state index contributed by atoms with van der Waals surface area (Å²) in [7, 11) is -3.69. The Bertz CT molecular complexity index is 607. The minimum absolute atomic E-state index is 0.00490. The molecule has 0 atom stereocenters. The Morgan fingerprint density at radius 3 is 2.71 bits per heavy atom. The number of nitrogens with zero attached hydrogens (tertiary/aromatic N) is 2. The molecule has 1 N–H and O–H groups in total. The Hall–Kier alpha value is -1.23. The van der Waals surface area contributed by atoms with Crippen molar-refractivity contribution in [2.75, 3.05) is 38.2 Å². The highest BCUT2D eigenvalue weighted by atomic mass is 32.2. The van der Waals surface area contributed by atoms with Crippen molar-refractivity contribution in [1.29, 1.82) is 0 Å². The first kappa shape index (κ1) is 16.1. The Morgan fingerprint density at radius 1 is 1.48 bits per heavy atom. The molecule has 1 aliphatic rings. The summed E-state index contributed by atoms with van der Waals surface area (Å²) in [5.74, 6) is 0. The molecule has 1 aliphatic heterocycles. The van der Waals surface area contributed by atoms with E-state index in [4.69, 9.17) is 4.74 Å². The fourth-order valence-electron chi connectivity index (χ4n) is 1.90. The van der Waals surface area contributed by atoms with Crippen molar-refractivity contribution in [3.05, 3.63) is 16.2 Å². The fourth-order valence-corrected chi connectivity index (χ4v) is 4.82. The number of thiophene rings is 1. The van der Waals surface area contributed by atoms with Gasteiger partial charge in [0.1, 0.15) is 4.21 Å². The van der Waals surface area contributed by atoms with Crippen LogP contribution in [0.5, 0.6) is 0 Å². The summed E-state index contributed by atoms with van der Waals surface area (Å²) in [5.41, 5.74) is -0.194. The van der Waals surface area contributed by atoms with Crippen molar-refractivity contribution in [3.63, 3.8) is 0 Å². The van der Waals surface area contributed by atoms with E-state index in [-0.39, 0.29) is 28.0 Å². The smallest absolute Gasteiger partial charge is 0.304 e. The fraction of sp³-hybridized carbons (Fsp3) is 0.636. The molecule has 2 heterocycles. The first-order valence-corrected chi connectivity index (χ1v) is 8.82. The predicted octanol–water partition coefficient (Wildman–Crippen LogP) is 1.50. The summed E-state index contributed by atoms with van der Waals surface area (Å²) in [6.07, 6.45) is 0.792. The van der Waals surface area contributed by atoms with Gasteiger partial charge < -0.3 is 10.1 Å². The Labute approximate surface area is 126 Å². The van der Waals surface area contributed by atoms with E-state index in [1.807, 2.05) is 6.92 Å². The van der Waals surface area contributed by atoms with Crippen molar-refractivity contribution in [2.45, 2.75) is 17.6 Å². The van der Waals surface area contributed by atoms with Crippen molar-refractivity contribution in [1.82, 2.24) is 4.31 Å². The highest BCUT2D eigenvalue weighted by Gasteiger charge is 2.31. The van der Waals surface area contributed by atoms with Crippen LogP contribution in [0.15, 0.2) is 10.3 Å². The summed E-state index contributed by atoms with van der Waals surface area (Å²) in [6, 6.07) is 1.13. The molecule has 1 fully saturated rings. The number of hydrogen-bond acceptors (Lipinski definition) is 7. The quantitative estimate of drug-likeness (QED) is 0.624. The number of sulfonamides is 1. The molecule has 0 aliphatic carbocycles. The summed E-state index contributed by atoms with van der Waals surface area (Å²) in [4.78, 5) is 10.5. The molecule has 8 nitrogen and oxygen atoms in total. The van der Waals surface area contributed by atoms with E-state index in [1.165, 1.54) is 4.31 Å². The van der Waals surface area contributed by atoms with Crippen LogP contribution in [0.4, 0.5) is 10.7 Å². The van der Waals surface area contributed by atoms with Crippen LogP contribution >= 0.6 is 11.3 Å². The van der Waals surface area contributed by atoms with Gasteiger partial charge in [0.25, 0.3) is 10.0 Å². The first-order valence-electron chi connectivity index (χ1n) is 6.56. The second kappa shape index (κ2) is 6.69. The lowest BCUT2D eigenvalue weighted by molar-refractivity contribution is -0.383. The van der Waals surface area contributed by atoms with Crippen LogP contribution in [-0.2, 0) is 14.8 Å². The van der Waals surface area contributed by atoms with E-state index in [1.54, 1.807) is 0 Å². The molecule has 0 saturated carbocycles. The lowest BCUT2D eigenvalue weighted by Gasteiger charge is -2.25. The maximum atomic E-state index is 12.5. The number of ether oxygens (including phenoxy) is 1. The molecule has 0 bridgehead atoms. The summed E-state index contributed by atoms with van der Waals surface area (Å²) in [6.45, 7) is 3.70. The van der Waals surface area contributed by atoms with Crippen molar-refractivity contribution in [2.24, 2.45) is 0 Å². The largest absolute Gasteiger partial charge is 0.379 e. The molecule has 1 saturated heterocycles. The highest BCUT2D eigenvalue weighted by Crippen LogP contribution is 2.38. The van der Waals surface area contributed by atoms with Crippen LogP contribution in [0.1, 0.15) is 13.3 Å². The third-order valence-electron chi connectivity index (χ3n) is 2.99. The van der Waals surface area contributed by atoms with Gasteiger partial charge in [-0.05, 0) is 6.42 Å². The summed E-state index contributed by atoms with van der Waals surface area (Å²) < 4.78 is 31.4. The van der Waals surface area contributed by atoms with Gasteiger partial charge in [-0.1, -0.05) is 18.3 Å². The summed E-state index contributed by atoms with van der Waals surface area (Å²) >= 11 is 0.905. The van der Waals surface area contributed by atoms with E-state index in [9.17, 15) is 18.5 Å². The molecule has 10 heteroatoms. The summed E-state index contributed by atoms with van der Waals surface area (Å²) in [5, 5.41) is 14.2. The molecule has 1 aromatic heterocycles. The van der Waals surface area contributed by atoms with Crippen LogP contribution in [0, 0.1) is 10.1 Å². The Morgan fingerprint density at radius 2 is 2.14 bits per heavy atom. The molecule has 0 radical (unpaired) electrons. The zero-order valence-electron chi connectivity index (χ0n) is 11.6. The van der Waals surface area contributed by atoms with E-state index in [0.29, 0.717) is 19.8 Å². The Balaban J connectivity index is 2.32. The van der Waals surface area contributed by atoms with Gasteiger partial charge in [0, 0.05) is 25.7 Å². The Kier molecular flexibility index (Phi) is 5.14. The average Bonchev–Trinajstić information content (AvgIpc) is 2.91. The maximum Gasteiger partial charge on any atom is 0.304 e. The lowest BCUT2D eigenvalue weighted by atomic mass is 10.4. The first-order chi connectivity index (χ1) is 9.96. The molecule has 0 aromatic carbocycles. The van der Waals surface area contributed by atoms with E-state index in [2.05, 4.69) is 5.32 Å². The van der Waals surface area contributed by atoms with Gasteiger partial charge >= 0.3 is 5.69 Å². The molecule has 2 rings (SSSR count). The number of morpholine rings is 1. The van der Waals surface area contributed by atoms with Crippen LogP contribution in [0.3, 0.4) is 0 Å². The van der Waals surface area contributed by atoms with Gasteiger partial charge in [-0.15, -0.1) is 0 Å². The monoisotopic (exact) mass is 335 g/mol. The van der Waals surface area contributed by atoms with E-state index < -0.39 is 14.9 Å². The minimum atomic E-state index is -3.69. The molecule has 21 heavy (non-hydrogen) atoms. The normalized spacial score (nSPS) is 16.8. The van der Waals surface area contributed by atoms with Crippen LogP contribution < -0.4 is 5.32 Å². The zero-order valence-corrected chi connectivity index (χ0v) is 13.2. The van der Waals surface area contributed by atoms with Crippen molar-refractivity contribution >= 4 is 32.0 Å². The average molecular weight is 335 g/mol. The number of hydrogen-bond donors (Lipinski definition) is 1. The molecule has 0 spiro atoms. The minimum Gasteiger partial charge on any atom is -0.379 e. The van der Waals surface area contributed by atoms with Crippen molar-refractivity contribution < 1.29 is 18.1 Å². The molecule has 1 aromatic rings. The topological polar surface area (TPSA) is 102 Å². The van der Waals surface area contributed by atoms with Gasteiger partial charge in [-0.3, -0.25) is 10.1 Å². The van der Waals surface area contributed by atoms with Gasteiger partial charge in [0.05, 0.1) is 18.1 Å². The van der Waals surface area contributed by atoms with E-state index >= 15 is 0 Å². The third-order valence-corrected chi connectivity index (χ3v) is 6.42. The third kappa shape index (κ3) is 3.51. The lowest BCUT2D eigenvalue weighted by Crippen LogP contribution is -2.40. The molecular formula is C11H17N3O5S2. The number of nitro groups is 1. The van der Waals surface area contributed by atoms with Gasteiger partial charge in [-0.25, -0.2) is 8.42 Å². The predicted molar refractivity (Wildman–Crippen MR) is 79.3 cm³/mol. The van der Waals surface area contributed by atoms with Crippen molar-refractivity contribution in [3.8, 4) is 0 Å². The van der Waals surface area contributed by atoms with Gasteiger partial charge in [0.15, 0.2) is 5.00 Å². The number of rotatable bonds is 6. The maximum absolute atomic E-state index is 12.5. The number of anilines is 1.